The first-order chi connectivity index (χ1) is 13.0. The molecule has 1 fully saturated rings. The molecule has 0 bridgehead atoms. The van der Waals surface area contributed by atoms with Gasteiger partial charge in [0.1, 0.15) is 0 Å². The SMILES string of the molecule is CC1(C(=O)NCc2cc3cc(Cl)c(-c4cc5ncccc5[nH]4)cc3[nH]2)CC1. The van der Waals surface area contributed by atoms with Gasteiger partial charge in [0.15, 0.2) is 0 Å². The van der Waals surface area contributed by atoms with Gasteiger partial charge in [-0.1, -0.05) is 18.5 Å². The predicted molar refractivity (Wildman–Crippen MR) is 108 cm³/mol. The maximum absolute atomic E-state index is 12.1. The summed E-state index contributed by atoms with van der Waals surface area (Å²) < 4.78 is 0. The van der Waals surface area contributed by atoms with Crippen molar-refractivity contribution >= 4 is 39.4 Å². The maximum atomic E-state index is 12.1. The maximum Gasteiger partial charge on any atom is 0.226 e. The summed E-state index contributed by atoms with van der Waals surface area (Å²) in [6, 6.07) is 11.9. The number of nitrogens with one attached hydrogen (secondary N) is 3. The molecule has 3 aromatic heterocycles. The van der Waals surface area contributed by atoms with E-state index in [1.54, 1.807) is 6.20 Å². The molecule has 27 heavy (non-hydrogen) atoms. The van der Waals surface area contributed by atoms with Crippen molar-refractivity contribution in [3.63, 3.8) is 0 Å². The number of nitrogens with zero attached hydrogens (tertiary/aromatic N) is 1. The summed E-state index contributed by atoms with van der Waals surface area (Å²) >= 11 is 6.55. The van der Waals surface area contributed by atoms with Crippen molar-refractivity contribution in [3.05, 3.63) is 53.3 Å². The molecule has 3 heterocycles. The number of amides is 1. The second-order valence-corrected chi connectivity index (χ2v) is 7.98. The summed E-state index contributed by atoms with van der Waals surface area (Å²) in [4.78, 5) is 23.3. The second-order valence-electron chi connectivity index (χ2n) is 7.58. The second kappa shape index (κ2) is 5.86. The van der Waals surface area contributed by atoms with Crippen molar-refractivity contribution in [2.24, 2.45) is 5.41 Å². The first-order valence-electron chi connectivity index (χ1n) is 9.05. The van der Waals surface area contributed by atoms with Gasteiger partial charge in [0, 0.05) is 39.5 Å². The minimum absolute atomic E-state index is 0.130. The van der Waals surface area contributed by atoms with E-state index in [9.17, 15) is 4.79 Å². The number of fused-ring (bicyclic) bond motifs is 2. The number of rotatable bonds is 4. The van der Waals surface area contributed by atoms with E-state index >= 15 is 0 Å². The minimum Gasteiger partial charge on any atom is -0.357 e. The number of H-pyrrole nitrogens is 2. The van der Waals surface area contributed by atoms with Crippen molar-refractivity contribution in [1.82, 2.24) is 20.3 Å². The molecule has 0 spiro atoms. The molecular formula is C21H19ClN4O. The van der Waals surface area contributed by atoms with Gasteiger partial charge in [-0.3, -0.25) is 9.78 Å². The van der Waals surface area contributed by atoms with Crippen molar-refractivity contribution in [2.45, 2.75) is 26.3 Å². The number of carbonyl (C=O) groups is 1. The van der Waals surface area contributed by atoms with E-state index in [2.05, 4.69) is 20.3 Å². The van der Waals surface area contributed by atoms with Crippen LogP contribution in [0.5, 0.6) is 0 Å². The number of aromatic nitrogens is 3. The molecule has 0 aliphatic heterocycles. The summed E-state index contributed by atoms with van der Waals surface area (Å²) in [5.41, 5.74) is 5.54. The van der Waals surface area contributed by atoms with Crippen LogP contribution in [0.15, 0.2) is 42.6 Å². The lowest BCUT2D eigenvalue weighted by Gasteiger charge is -2.08. The molecule has 5 rings (SSSR count). The quantitative estimate of drug-likeness (QED) is 0.478. The molecular weight excluding hydrogens is 360 g/mol. The Bertz CT molecular complexity index is 1150. The average molecular weight is 379 g/mol. The van der Waals surface area contributed by atoms with Crippen LogP contribution in [0.2, 0.25) is 5.02 Å². The molecule has 0 saturated heterocycles. The molecule has 0 atom stereocenters. The van der Waals surface area contributed by atoms with E-state index in [1.165, 1.54) is 0 Å². The standard InChI is InChI=1S/C21H19ClN4O/c1-21(4-5-21)20(27)24-11-13-7-12-8-15(22)14(9-17(12)25-13)18-10-19-16(26-18)3-2-6-23-19/h2-3,6-10,25-26H,4-5,11H2,1H3,(H,24,27). The number of aromatic amines is 2. The van der Waals surface area contributed by atoms with Gasteiger partial charge >= 0.3 is 0 Å². The van der Waals surface area contributed by atoms with Gasteiger partial charge in [-0.05, 0) is 49.2 Å². The summed E-state index contributed by atoms with van der Waals surface area (Å²) in [6.07, 6.45) is 3.73. The largest absolute Gasteiger partial charge is 0.357 e. The van der Waals surface area contributed by atoms with Gasteiger partial charge in [-0.2, -0.15) is 0 Å². The number of pyridine rings is 1. The molecule has 1 aliphatic rings. The third kappa shape index (κ3) is 2.88. The van der Waals surface area contributed by atoms with Crippen LogP contribution in [0.3, 0.4) is 0 Å². The summed E-state index contributed by atoms with van der Waals surface area (Å²) in [5.74, 6) is 0.130. The van der Waals surface area contributed by atoms with Crippen molar-refractivity contribution in [2.75, 3.05) is 0 Å². The van der Waals surface area contributed by atoms with Crippen LogP contribution >= 0.6 is 11.6 Å². The van der Waals surface area contributed by atoms with E-state index in [4.69, 9.17) is 11.6 Å². The number of benzene rings is 1. The first kappa shape index (κ1) is 16.4. The molecule has 0 unspecified atom stereocenters. The Labute approximate surface area is 161 Å². The van der Waals surface area contributed by atoms with E-state index < -0.39 is 0 Å². The van der Waals surface area contributed by atoms with Gasteiger partial charge in [0.2, 0.25) is 5.91 Å². The van der Waals surface area contributed by atoms with Crippen LogP contribution in [0.1, 0.15) is 25.5 Å². The smallest absolute Gasteiger partial charge is 0.226 e. The fraction of sp³-hybridized carbons (Fsp3) is 0.238. The zero-order valence-electron chi connectivity index (χ0n) is 14.9. The Kier molecular flexibility index (Phi) is 3.56. The highest BCUT2D eigenvalue weighted by Crippen LogP contribution is 2.45. The van der Waals surface area contributed by atoms with Crippen molar-refractivity contribution in [3.8, 4) is 11.3 Å². The fourth-order valence-corrected chi connectivity index (χ4v) is 3.69. The van der Waals surface area contributed by atoms with Crippen LogP contribution < -0.4 is 5.32 Å². The molecule has 4 aromatic rings. The molecule has 5 nitrogen and oxygen atoms in total. The van der Waals surface area contributed by atoms with Gasteiger partial charge < -0.3 is 15.3 Å². The Morgan fingerprint density at radius 3 is 2.85 bits per heavy atom. The number of hydrogen-bond donors (Lipinski definition) is 3. The molecule has 1 amide bonds. The van der Waals surface area contributed by atoms with Crippen molar-refractivity contribution < 1.29 is 4.79 Å². The van der Waals surface area contributed by atoms with Crippen LogP contribution in [-0.4, -0.2) is 20.9 Å². The van der Waals surface area contributed by atoms with Crippen LogP contribution in [0, 0.1) is 5.41 Å². The Morgan fingerprint density at radius 2 is 2.07 bits per heavy atom. The molecule has 1 saturated carbocycles. The fourth-order valence-electron chi connectivity index (χ4n) is 3.42. The first-order valence-corrected chi connectivity index (χ1v) is 9.43. The topological polar surface area (TPSA) is 73.6 Å². The molecule has 1 aliphatic carbocycles. The lowest BCUT2D eigenvalue weighted by Crippen LogP contribution is -2.29. The molecule has 3 N–H and O–H groups in total. The Hall–Kier alpha value is -2.79. The average Bonchev–Trinajstić information content (AvgIpc) is 3.11. The van der Waals surface area contributed by atoms with E-state index in [-0.39, 0.29) is 11.3 Å². The number of hydrogen-bond acceptors (Lipinski definition) is 2. The Morgan fingerprint density at radius 1 is 1.22 bits per heavy atom. The van der Waals surface area contributed by atoms with Gasteiger partial charge in [-0.25, -0.2) is 0 Å². The van der Waals surface area contributed by atoms with Crippen molar-refractivity contribution in [1.29, 1.82) is 0 Å². The highest BCUT2D eigenvalue weighted by Gasteiger charge is 2.44. The van der Waals surface area contributed by atoms with Crippen LogP contribution in [-0.2, 0) is 11.3 Å². The van der Waals surface area contributed by atoms with Gasteiger partial charge in [0.25, 0.3) is 0 Å². The van der Waals surface area contributed by atoms with E-state index in [0.29, 0.717) is 11.6 Å². The molecule has 6 heteroatoms. The summed E-state index contributed by atoms with van der Waals surface area (Å²) in [7, 11) is 0. The lowest BCUT2D eigenvalue weighted by molar-refractivity contribution is -0.125. The predicted octanol–water partition coefficient (Wildman–Crippen LogP) is 4.78. The zero-order chi connectivity index (χ0) is 18.6. The highest BCUT2D eigenvalue weighted by molar-refractivity contribution is 6.34. The number of carbonyl (C=O) groups excluding carboxylic acids is 1. The van der Waals surface area contributed by atoms with Crippen LogP contribution in [0.4, 0.5) is 0 Å². The molecule has 136 valence electrons. The third-order valence-electron chi connectivity index (χ3n) is 5.43. The summed E-state index contributed by atoms with van der Waals surface area (Å²) in [6.45, 7) is 2.50. The third-order valence-corrected chi connectivity index (χ3v) is 5.74. The molecule has 1 aromatic carbocycles. The summed E-state index contributed by atoms with van der Waals surface area (Å²) in [5, 5.41) is 4.73. The lowest BCUT2D eigenvalue weighted by atomic mass is 10.1. The van der Waals surface area contributed by atoms with E-state index in [1.807, 2.05) is 43.3 Å². The van der Waals surface area contributed by atoms with Crippen LogP contribution in [0.25, 0.3) is 33.2 Å². The van der Waals surface area contributed by atoms with E-state index in [0.717, 1.165) is 51.7 Å². The van der Waals surface area contributed by atoms with Gasteiger partial charge in [0.05, 0.1) is 22.6 Å². The highest BCUT2D eigenvalue weighted by atomic mass is 35.5. The monoisotopic (exact) mass is 378 g/mol. The Balaban J connectivity index is 1.46. The number of halogens is 1. The minimum atomic E-state index is -0.161. The molecule has 0 radical (unpaired) electrons. The normalized spacial score (nSPS) is 15.3. The van der Waals surface area contributed by atoms with Gasteiger partial charge in [-0.15, -0.1) is 0 Å². The zero-order valence-corrected chi connectivity index (χ0v) is 15.7.